The fraction of sp³-hybridized carbons (Fsp3) is 0.818. The number of methoxy groups -OCH3 is 1. The summed E-state index contributed by atoms with van der Waals surface area (Å²) in [7, 11) is 1.64. The molecule has 0 unspecified atom stereocenters. The Bertz CT molecular complexity index is 298. The Morgan fingerprint density at radius 3 is 2.69 bits per heavy atom. The third-order valence-corrected chi connectivity index (χ3v) is 3.57. The van der Waals surface area contributed by atoms with Crippen molar-refractivity contribution in [1.82, 2.24) is 10.2 Å². The van der Waals surface area contributed by atoms with Crippen molar-refractivity contribution < 1.29 is 14.3 Å². The van der Waals surface area contributed by atoms with E-state index in [1.807, 2.05) is 0 Å². The summed E-state index contributed by atoms with van der Waals surface area (Å²) in [5.41, 5.74) is -0.537. The molecule has 1 spiro atoms. The normalized spacial score (nSPS) is 23.2. The van der Waals surface area contributed by atoms with E-state index in [1.165, 1.54) is 0 Å². The topological polar surface area (TPSA) is 58.6 Å². The van der Waals surface area contributed by atoms with Gasteiger partial charge in [0.25, 0.3) is 5.91 Å². The lowest BCUT2D eigenvalue weighted by atomic mass is 9.96. The largest absolute Gasteiger partial charge is 0.385 e. The van der Waals surface area contributed by atoms with E-state index in [9.17, 15) is 9.59 Å². The Hall–Kier alpha value is -1.10. The molecule has 90 valence electrons. The maximum Gasteiger partial charge on any atom is 0.325 e. The maximum absolute atomic E-state index is 11.8. The minimum Gasteiger partial charge on any atom is -0.385 e. The molecule has 5 nitrogen and oxygen atoms in total. The van der Waals surface area contributed by atoms with Crippen LogP contribution >= 0.6 is 0 Å². The van der Waals surface area contributed by atoms with Crippen LogP contribution in [0.3, 0.4) is 0 Å². The van der Waals surface area contributed by atoms with Crippen molar-refractivity contribution in [1.29, 1.82) is 0 Å². The van der Waals surface area contributed by atoms with Gasteiger partial charge in [-0.05, 0) is 19.3 Å². The summed E-state index contributed by atoms with van der Waals surface area (Å²) in [6, 6.07) is -0.233. The van der Waals surface area contributed by atoms with Crippen LogP contribution in [-0.4, -0.2) is 42.6 Å². The first-order valence-corrected chi connectivity index (χ1v) is 5.83. The molecule has 1 aliphatic carbocycles. The molecule has 3 amide bonds. The van der Waals surface area contributed by atoms with Gasteiger partial charge >= 0.3 is 6.03 Å². The van der Waals surface area contributed by atoms with Crippen molar-refractivity contribution >= 4 is 11.9 Å². The average molecular weight is 226 g/mol. The van der Waals surface area contributed by atoms with Crippen molar-refractivity contribution in [3.05, 3.63) is 0 Å². The first-order valence-electron chi connectivity index (χ1n) is 5.83. The van der Waals surface area contributed by atoms with Crippen LogP contribution in [-0.2, 0) is 9.53 Å². The third-order valence-electron chi connectivity index (χ3n) is 3.57. The molecule has 2 aliphatic rings. The highest BCUT2D eigenvalue weighted by Gasteiger charge is 2.53. The number of imide groups is 1. The molecule has 1 saturated carbocycles. The second kappa shape index (κ2) is 4.41. The molecule has 1 aliphatic heterocycles. The van der Waals surface area contributed by atoms with Gasteiger partial charge in [-0.1, -0.05) is 12.8 Å². The van der Waals surface area contributed by atoms with E-state index in [-0.39, 0.29) is 11.9 Å². The number of hydrogen-bond donors (Lipinski definition) is 1. The minimum atomic E-state index is -0.537. The standard InChI is InChI=1S/C11H18N2O3/c1-16-8-4-7-13-10(15)12-9(14)11(13)5-2-3-6-11/h2-8H2,1H3,(H,12,14,15). The lowest BCUT2D eigenvalue weighted by molar-refractivity contribution is -0.126. The first kappa shape index (κ1) is 11.4. The van der Waals surface area contributed by atoms with Gasteiger partial charge in [-0.2, -0.15) is 0 Å². The van der Waals surface area contributed by atoms with Crippen LogP contribution in [0.2, 0.25) is 0 Å². The van der Waals surface area contributed by atoms with E-state index in [4.69, 9.17) is 4.74 Å². The van der Waals surface area contributed by atoms with Crippen LogP contribution < -0.4 is 5.32 Å². The Balaban J connectivity index is 2.07. The fourth-order valence-corrected chi connectivity index (χ4v) is 2.74. The van der Waals surface area contributed by atoms with Crippen molar-refractivity contribution in [2.75, 3.05) is 20.3 Å². The number of nitrogens with zero attached hydrogens (tertiary/aromatic N) is 1. The van der Waals surface area contributed by atoms with Crippen LogP contribution in [0.5, 0.6) is 0 Å². The van der Waals surface area contributed by atoms with Gasteiger partial charge in [0.1, 0.15) is 5.54 Å². The number of hydrogen-bond acceptors (Lipinski definition) is 3. The van der Waals surface area contributed by atoms with E-state index in [0.29, 0.717) is 13.2 Å². The zero-order valence-corrected chi connectivity index (χ0v) is 9.62. The number of nitrogens with one attached hydrogen (secondary N) is 1. The number of ether oxygens (including phenoxy) is 1. The number of carbonyl (C=O) groups excluding carboxylic acids is 2. The predicted octanol–water partition coefficient (Wildman–Crippen LogP) is 0.887. The van der Waals surface area contributed by atoms with Gasteiger partial charge in [0.05, 0.1) is 0 Å². The number of urea groups is 1. The Morgan fingerprint density at radius 1 is 1.38 bits per heavy atom. The highest BCUT2D eigenvalue weighted by Crippen LogP contribution is 2.38. The molecule has 2 fully saturated rings. The van der Waals surface area contributed by atoms with E-state index in [1.54, 1.807) is 12.0 Å². The Kier molecular flexibility index (Phi) is 3.14. The molecular weight excluding hydrogens is 208 g/mol. The number of amides is 3. The van der Waals surface area contributed by atoms with Gasteiger partial charge in [-0.3, -0.25) is 10.1 Å². The molecule has 1 N–H and O–H groups in total. The summed E-state index contributed by atoms with van der Waals surface area (Å²) in [5, 5.41) is 2.43. The summed E-state index contributed by atoms with van der Waals surface area (Å²) in [6.07, 6.45) is 4.44. The molecule has 0 radical (unpaired) electrons. The van der Waals surface area contributed by atoms with Crippen molar-refractivity contribution in [2.24, 2.45) is 0 Å². The second-order valence-corrected chi connectivity index (χ2v) is 4.50. The van der Waals surface area contributed by atoms with Crippen LogP contribution in [0.15, 0.2) is 0 Å². The van der Waals surface area contributed by atoms with Crippen LogP contribution in [0, 0.1) is 0 Å². The lowest BCUT2D eigenvalue weighted by Gasteiger charge is -2.31. The monoisotopic (exact) mass is 226 g/mol. The zero-order chi connectivity index (χ0) is 11.6. The van der Waals surface area contributed by atoms with Crippen LogP contribution in [0.25, 0.3) is 0 Å². The van der Waals surface area contributed by atoms with Gasteiger partial charge in [0.2, 0.25) is 0 Å². The predicted molar refractivity (Wildman–Crippen MR) is 57.9 cm³/mol. The van der Waals surface area contributed by atoms with Crippen molar-refractivity contribution in [2.45, 2.75) is 37.6 Å². The second-order valence-electron chi connectivity index (χ2n) is 4.50. The smallest absolute Gasteiger partial charge is 0.325 e. The maximum atomic E-state index is 11.8. The summed E-state index contributed by atoms with van der Waals surface area (Å²) < 4.78 is 4.97. The van der Waals surface area contributed by atoms with Gasteiger partial charge in [-0.25, -0.2) is 4.79 Å². The Morgan fingerprint density at radius 2 is 2.06 bits per heavy atom. The highest BCUT2D eigenvalue weighted by atomic mass is 16.5. The highest BCUT2D eigenvalue weighted by molar-refractivity contribution is 6.07. The van der Waals surface area contributed by atoms with E-state index in [2.05, 4.69) is 5.32 Å². The van der Waals surface area contributed by atoms with Gasteiger partial charge in [0.15, 0.2) is 0 Å². The average Bonchev–Trinajstić information content (AvgIpc) is 2.81. The molecule has 2 rings (SSSR count). The van der Waals surface area contributed by atoms with Crippen molar-refractivity contribution in [3.8, 4) is 0 Å². The van der Waals surface area contributed by atoms with Crippen LogP contribution in [0.1, 0.15) is 32.1 Å². The molecule has 1 heterocycles. The lowest BCUT2D eigenvalue weighted by Crippen LogP contribution is -2.47. The number of rotatable bonds is 4. The molecule has 0 aromatic heterocycles. The van der Waals surface area contributed by atoms with Gasteiger partial charge in [0, 0.05) is 20.3 Å². The minimum absolute atomic E-state index is 0.104. The summed E-state index contributed by atoms with van der Waals surface area (Å²) in [5.74, 6) is -0.104. The van der Waals surface area contributed by atoms with E-state index < -0.39 is 5.54 Å². The van der Waals surface area contributed by atoms with Gasteiger partial charge < -0.3 is 9.64 Å². The number of carbonyl (C=O) groups is 2. The summed E-state index contributed by atoms with van der Waals surface area (Å²) in [4.78, 5) is 25.2. The summed E-state index contributed by atoms with van der Waals surface area (Å²) >= 11 is 0. The van der Waals surface area contributed by atoms with Crippen molar-refractivity contribution in [3.63, 3.8) is 0 Å². The van der Waals surface area contributed by atoms with E-state index in [0.717, 1.165) is 32.1 Å². The SMILES string of the molecule is COCCCN1C(=O)NC(=O)C12CCCC2. The quantitative estimate of drug-likeness (QED) is 0.572. The summed E-state index contributed by atoms with van der Waals surface area (Å²) in [6.45, 7) is 1.22. The third kappa shape index (κ3) is 1.69. The Labute approximate surface area is 95.1 Å². The molecule has 0 bridgehead atoms. The van der Waals surface area contributed by atoms with E-state index >= 15 is 0 Å². The molecule has 16 heavy (non-hydrogen) atoms. The molecule has 0 atom stereocenters. The molecule has 0 aromatic rings. The molecule has 1 saturated heterocycles. The van der Waals surface area contributed by atoms with Gasteiger partial charge in [-0.15, -0.1) is 0 Å². The first-order chi connectivity index (χ1) is 7.70. The zero-order valence-electron chi connectivity index (χ0n) is 9.62. The molecule has 0 aromatic carbocycles. The molecular formula is C11H18N2O3. The molecule has 5 heteroatoms. The van der Waals surface area contributed by atoms with Crippen LogP contribution in [0.4, 0.5) is 4.79 Å². The fourth-order valence-electron chi connectivity index (χ4n) is 2.74.